The van der Waals surface area contributed by atoms with Crippen LogP contribution in [0.25, 0.3) is 5.65 Å². The normalized spacial score (nSPS) is 13.6. The van der Waals surface area contributed by atoms with Crippen molar-refractivity contribution in [2.45, 2.75) is 19.3 Å². The van der Waals surface area contributed by atoms with Crippen LogP contribution in [0, 0.1) is 0 Å². The lowest BCUT2D eigenvalue weighted by Crippen LogP contribution is -2.32. The molecule has 0 atom stereocenters. The van der Waals surface area contributed by atoms with Crippen molar-refractivity contribution in [3.63, 3.8) is 0 Å². The van der Waals surface area contributed by atoms with E-state index < -0.39 is 0 Å². The third-order valence-corrected chi connectivity index (χ3v) is 5.31. The first-order chi connectivity index (χ1) is 16.3. The number of imidazole rings is 1. The molecule has 33 heavy (non-hydrogen) atoms. The van der Waals surface area contributed by atoms with Gasteiger partial charge < -0.3 is 28.9 Å². The van der Waals surface area contributed by atoms with Crippen LogP contribution in [0.4, 0.5) is 5.69 Å². The van der Waals surface area contributed by atoms with Gasteiger partial charge in [0, 0.05) is 56.5 Å². The zero-order chi connectivity index (χ0) is 22.3. The van der Waals surface area contributed by atoms with Gasteiger partial charge in [0.05, 0.1) is 25.2 Å². The molecule has 5 rings (SSSR count). The fraction of sp³-hybridized carbons (Fsp3) is 0.280. The maximum atomic E-state index is 5.82. The summed E-state index contributed by atoms with van der Waals surface area (Å²) in [7, 11) is 0. The Hall–Kier alpha value is -3.94. The number of ether oxygens (including phenoxy) is 2. The van der Waals surface area contributed by atoms with Crippen LogP contribution in [0.2, 0.25) is 0 Å². The molecule has 8 nitrogen and oxygen atoms in total. The van der Waals surface area contributed by atoms with E-state index in [0.29, 0.717) is 32.3 Å². The molecular formula is C25H27N5O3. The Morgan fingerprint density at radius 3 is 2.85 bits per heavy atom. The molecule has 0 fully saturated rings. The van der Waals surface area contributed by atoms with Crippen LogP contribution < -0.4 is 20.1 Å². The number of aromatic nitrogens is 2. The highest BCUT2D eigenvalue weighted by Crippen LogP contribution is 2.32. The summed E-state index contributed by atoms with van der Waals surface area (Å²) >= 11 is 0. The van der Waals surface area contributed by atoms with Gasteiger partial charge in [0.25, 0.3) is 0 Å². The number of benzene rings is 1. The molecule has 8 heteroatoms. The van der Waals surface area contributed by atoms with Crippen LogP contribution >= 0.6 is 0 Å². The molecule has 0 aliphatic carbocycles. The molecular weight excluding hydrogens is 418 g/mol. The van der Waals surface area contributed by atoms with E-state index >= 15 is 0 Å². The Morgan fingerprint density at radius 1 is 1.03 bits per heavy atom. The molecule has 170 valence electrons. The van der Waals surface area contributed by atoms with Crippen molar-refractivity contribution in [1.29, 1.82) is 0 Å². The second kappa shape index (κ2) is 10.1. The second-order valence-corrected chi connectivity index (χ2v) is 7.77. The molecule has 0 bridgehead atoms. The van der Waals surface area contributed by atoms with Crippen molar-refractivity contribution in [1.82, 2.24) is 14.7 Å². The number of anilines is 1. The molecule has 1 aliphatic rings. The molecule has 4 heterocycles. The maximum absolute atomic E-state index is 5.82. The topological polar surface area (TPSA) is 85.3 Å². The average molecular weight is 446 g/mol. The highest BCUT2D eigenvalue weighted by molar-refractivity contribution is 5.94. The van der Waals surface area contributed by atoms with E-state index in [2.05, 4.69) is 21.8 Å². The van der Waals surface area contributed by atoms with E-state index in [9.17, 15) is 0 Å². The summed E-state index contributed by atoms with van der Waals surface area (Å²) in [6.07, 6.45) is 8.13. The van der Waals surface area contributed by atoms with Gasteiger partial charge in [-0.1, -0.05) is 6.07 Å². The molecule has 0 saturated carbocycles. The van der Waals surface area contributed by atoms with Crippen LogP contribution in [0.15, 0.2) is 76.6 Å². The lowest BCUT2D eigenvalue weighted by atomic mass is 10.2. The predicted molar refractivity (Wildman–Crippen MR) is 127 cm³/mol. The van der Waals surface area contributed by atoms with E-state index in [0.717, 1.165) is 53.6 Å². The van der Waals surface area contributed by atoms with Gasteiger partial charge in [-0.2, -0.15) is 0 Å². The Kier molecular flexibility index (Phi) is 6.42. The average Bonchev–Trinajstić information content (AvgIpc) is 3.43. The number of fused-ring (bicyclic) bond motifs is 2. The smallest absolute Gasteiger partial charge is 0.195 e. The quantitative estimate of drug-likeness (QED) is 0.331. The summed E-state index contributed by atoms with van der Waals surface area (Å²) in [5.74, 6) is 3.13. The SMILES string of the molecule is c1coc(CCN=C(NCCc2cn3ccccc3n2)Nc2ccc3c(c2)OCCCO3)c1. The molecule has 0 amide bonds. The molecule has 2 N–H and O–H groups in total. The van der Waals surface area contributed by atoms with Gasteiger partial charge in [0.2, 0.25) is 0 Å². The Balaban J connectivity index is 1.25. The number of nitrogens with one attached hydrogen (secondary N) is 2. The number of aliphatic imine (C=N–C) groups is 1. The van der Waals surface area contributed by atoms with Crippen LogP contribution in [0.3, 0.4) is 0 Å². The largest absolute Gasteiger partial charge is 0.490 e. The standard InChI is InChI=1S/C25H27N5O3/c1-2-13-30-18-20(28-24(30)6-1)9-11-26-25(27-12-10-21-5-3-14-31-21)29-19-7-8-22-23(17-19)33-16-4-15-32-22/h1-3,5-8,13-14,17-18H,4,9-12,15-16H2,(H2,26,27,29). The van der Waals surface area contributed by atoms with E-state index in [1.165, 1.54) is 0 Å². The fourth-order valence-corrected chi connectivity index (χ4v) is 3.67. The zero-order valence-corrected chi connectivity index (χ0v) is 18.4. The first-order valence-corrected chi connectivity index (χ1v) is 11.2. The number of hydrogen-bond donors (Lipinski definition) is 2. The van der Waals surface area contributed by atoms with Gasteiger partial charge in [0.1, 0.15) is 11.4 Å². The number of guanidine groups is 1. The van der Waals surface area contributed by atoms with Crippen LogP contribution in [-0.4, -0.2) is 41.6 Å². The molecule has 0 saturated heterocycles. The van der Waals surface area contributed by atoms with Crippen molar-refractivity contribution in [2.75, 3.05) is 31.6 Å². The molecule has 0 unspecified atom stereocenters. The fourth-order valence-electron chi connectivity index (χ4n) is 3.67. The van der Waals surface area contributed by atoms with Gasteiger partial charge in [-0.05, 0) is 36.4 Å². The molecule has 1 aliphatic heterocycles. The lowest BCUT2D eigenvalue weighted by Gasteiger charge is -2.14. The van der Waals surface area contributed by atoms with Crippen molar-refractivity contribution < 1.29 is 13.9 Å². The summed E-state index contributed by atoms with van der Waals surface area (Å²) < 4.78 is 19.0. The Labute approximate surface area is 192 Å². The summed E-state index contributed by atoms with van der Waals surface area (Å²) in [5.41, 5.74) is 2.86. The maximum Gasteiger partial charge on any atom is 0.195 e. The zero-order valence-electron chi connectivity index (χ0n) is 18.4. The number of furan rings is 1. The minimum absolute atomic E-state index is 0.599. The number of nitrogens with zero attached hydrogens (tertiary/aromatic N) is 3. The summed E-state index contributed by atoms with van der Waals surface area (Å²) in [5, 5.41) is 6.81. The van der Waals surface area contributed by atoms with Gasteiger partial charge in [-0.25, -0.2) is 4.98 Å². The van der Waals surface area contributed by atoms with Gasteiger partial charge >= 0.3 is 0 Å². The summed E-state index contributed by atoms with van der Waals surface area (Å²) in [6, 6.07) is 15.7. The highest BCUT2D eigenvalue weighted by atomic mass is 16.5. The third-order valence-electron chi connectivity index (χ3n) is 5.31. The molecule has 0 radical (unpaired) electrons. The van der Waals surface area contributed by atoms with Crippen LogP contribution in [-0.2, 0) is 12.8 Å². The third kappa shape index (κ3) is 5.46. The Bertz CT molecular complexity index is 1180. The van der Waals surface area contributed by atoms with Crippen molar-refractivity contribution in [2.24, 2.45) is 4.99 Å². The van der Waals surface area contributed by atoms with E-state index in [-0.39, 0.29) is 0 Å². The highest BCUT2D eigenvalue weighted by Gasteiger charge is 2.12. The molecule has 4 aromatic rings. The van der Waals surface area contributed by atoms with Gasteiger partial charge in [-0.3, -0.25) is 4.99 Å². The number of pyridine rings is 1. The van der Waals surface area contributed by atoms with E-state index in [1.807, 2.05) is 59.1 Å². The van der Waals surface area contributed by atoms with Crippen LogP contribution in [0.1, 0.15) is 17.9 Å². The number of hydrogen-bond acceptors (Lipinski definition) is 5. The monoisotopic (exact) mass is 445 g/mol. The van der Waals surface area contributed by atoms with Crippen molar-refractivity contribution >= 4 is 17.3 Å². The molecule has 3 aromatic heterocycles. The first kappa shape index (κ1) is 20.9. The second-order valence-electron chi connectivity index (χ2n) is 7.77. The van der Waals surface area contributed by atoms with E-state index in [4.69, 9.17) is 18.9 Å². The summed E-state index contributed by atoms with van der Waals surface area (Å²) in [4.78, 5) is 9.40. The van der Waals surface area contributed by atoms with Crippen molar-refractivity contribution in [3.05, 3.63) is 78.6 Å². The molecule has 0 spiro atoms. The number of rotatable bonds is 7. The summed E-state index contributed by atoms with van der Waals surface area (Å²) in [6.45, 7) is 2.62. The van der Waals surface area contributed by atoms with Crippen LogP contribution in [0.5, 0.6) is 11.5 Å². The van der Waals surface area contributed by atoms with Crippen molar-refractivity contribution in [3.8, 4) is 11.5 Å². The predicted octanol–water partition coefficient (Wildman–Crippen LogP) is 3.93. The van der Waals surface area contributed by atoms with Gasteiger partial charge in [0.15, 0.2) is 17.5 Å². The lowest BCUT2D eigenvalue weighted by molar-refractivity contribution is 0.297. The molecule has 1 aromatic carbocycles. The minimum atomic E-state index is 0.599. The van der Waals surface area contributed by atoms with E-state index in [1.54, 1.807) is 6.26 Å². The Morgan fingerprint density at radius 2 is 1.97 bits per heavy atom. The minimum Gasteiger partial charge on any atom is -0.490 e. The first-order valence-electron chi connectivity index (χ1n) is 11.2. The van der Waals surface area contributed by atoms with Gasteiger partial charge in [-0.15, -0.1) is 0 Å².